The molecule has 1 heterocycles. The lowest BCUT2D eigenvalue weighted by atomic mass is 10.1. The van der Waals surface area contributed by atoms with Crippen LogP contribution in [-0.2, 0) is 16.0 Å². The van der Waals surface area contributed by atoms with Gasteiger partial charge < -0.3 is 25.4 Å². The fourth-order valence-corrected chi connectivity index (χ4v) is 2.95. The van der Waals surface area contributed by atoms with Gasteiger partial charge in [0.25, 0.3) is 0 Å². The number of carbonyl (C=O) groups excluding carboxylic acids is 2. The number of carbonyl (C=O) groups is 2. The maximum atomic E-state index is 12.7. The van der Waals surface area contributed by atoms with Crippen molar-refractivity contribution in [2.75, 3.05) is 27.3 Å². The molecule has 0 aromatic heterocycles. The van der Waals surface area contributed by atoms with Crippen molar-refractivity contribution in [1.29, 1.82) is 0 Å². The summed E-state index contributed by atoms with van der Waals surface area (Å²) in [6, 6.07) is 4.63. The Morgan fingerprint density at radius 2 is 2.08 bits per heavy atom. The summed E-state index contributed by atoms with van der Waals surface area (Å²) in [5.41, 5.74) is 6.71. The van der Waals surface area contributed by atoms with E-state index in [0.29, 0.717) is 31.0 Å². The number of hydrogen-bond acceptors (Lipinski definition) is 5. The van der Waals surface area contributed by atoms with E-state index in [-0.39, 0.29) is 24.3 Å². The summed E-state index contributed by atoms with van der Waals surface area (Å²) in [5.74, 6) is 0.954. The Morgan fingerprint density at radius 1 is 1.33 bits per heavy atom. The lowest BCUT2D eigenvalue weighted by molar-refractivity contribution is -0.137. The molecule has 1 saturated heterocycles. The van der Waals surface area contributed by atoms with E-state index >= 15 is 0 Å². The number of nitrogens with zero attached hydrogens (tertiary/aromatic N) is 1. The predicted molar refractivity (Wildman–Crippen MR) is 90.0 cm³/mol. The first-order valence-corrected chi connectivity index (χ1v) is 8.03. The van der Waals surface area contributed by atoms with Crippen LogP contribution in [0.15, 0.2) is 18.2 Å². The molecule has 0 saturated carbocycles. The van der Waals surface area contributed by atoms with E-state index in [1.165, 1.54) is 0 Å². The monoisotopic (exact) mass is 335 g/mol. The van der Waals surface area contributed by atoms with Gasteiger partial charge in [0.15, 0.2) is 0 Å². The Balaban J connectivity index is 2.14. The van der Waals surface area contributed by atoms with Crippen molar-refractivity contribution in [2.45, 2.75) is 31.8 Å². The number of methoxy groups -OCH3 is 2. The van der Waals surface area contributed by atoms with Gasteiger partial charge in [-0.2, -0.15) is 0 Å². The van der Waals surface area contributed by atoms with Gasteiger partial charge >= 0.3 is 0 Å². The smallest absolute Gasteiger partial charge is 0.242 e. The Morgan fingerprint density at radius 3 is 2.71 bits per heavy atom. The summed E-state index contributed by atoms with van der Waals surface area (Å²) in [4.78, 5) is 26.4. The average molecular weight is 335 g/mol. The molecule has 0 spiro atoms. The Kier molecular flexibility index (Phi) is 6.03. The minimum absolute atomic E-state index is 0.136. The average Bonchev–Trinajstić information content (AvgIpc) is 2.97. The third-order valence-corrected chi connectivity index (χ3v) is 4.14. The van der Waals surface area contributed by atoms with E-state index in [1.54, 1.807) is 37.3 Å². The van der Waals surface area contributed by atoms with Crippen LogP contribution in [0.4, 0.5) is 0 Å². The van der Waals surface area contributed by atoms with Crippen LogP contribution in [-0.4, -0.2) is 56.1 Å². The van der Waals surface area contributed by atoms with Crippen LogP contribution < -0.4 is 20.5 Å². The molecule has 1 fully saturated rings. The number of ether oxygens (including phenoxy) is 2. The van der Waals surface area contributed by atoms with E-state index in [2.05, 4.69) is 5.32 Å². The molecule has 0 radical (unpaired) electrons. The van der Waals surface area contributed by atoms with Crippen LogP contribution in [0.3, 0.4) is 0 Å². The molecule has 0 aliphatic carbocycles. The topological polar surface area (TPSA) is 93.9 Å². The summed E-state index contributed by atoms with van der Waals surface area (Å²) < 4.78 is 10.5. The Labute approximate surface area is 142 Å². The number of nitrogens with two attached hydrogens (primary N) is 1. The molecule has 0 bridgehead atoms. The first-order valence-electron chi connectivity index (χ1n) is 8.03. The Hall–Kier alpha value is -2.28. The van der Waals surface area contributed by atoms with Crippen molar-refractivity contribution in [1.82, 2.24) is 10.2 Å². The molecular weight excluding hydrogens is 310 g/mol. The van der Waals surface area contributed by atoms with Gasteiger partial charge in [0.1, 0.15) is 17.5 Å². The van der Waals surface area contributed by atoms with E-state index in [4.69, 9.17) is 15.2 Å². The van der Waals surface area contributed by atoms with E-state index in [0.717, 1.165) is 5.56 Å². The highest BCUT2D eigenvalue weighted by molar-refractivity contribution is 5.89. The highest BCUT2D eigenvalue weighted by atomic mass is 16.5. The molecule has 7 nitrogen and oxygen atoms in total. The van der Waals surface area contributed by atoms with Gasteiger partial charge in [0, 0.05) is 30.8 Å². The van der Waals surface area contributed by atoms with Crippen LogP contribution in [0.1, 0.15) is 18.9 Å². The van der Waals surface area contributed by atoms with E-state index in [1.807, 2.05) is 6.92 Å². The van der Waals surface area contributed by atoms with Crippen molar-refractivity contribution in [3.05, 3.63) is 23.8 Å². The van der Waals surface area contributed by atoms with Crippen LogP contribution >= 0.6 is 0 Å². The summed E-state index contributed by atoms with van der Waals surface area (Å²) >= 11 is 0. The molecule has 2 amide bonds. The lowest BCUT2D eigenvalue weighted by Gasteiger charge is -2.24. The minimum atomic E-state index is -0.503. The second kappa shape index (κ2) is 8.01. The maximum Gasteiger partial charge on any atom is 0.242 e. The molecule has 1 aromatic carbocycles. The van der Waals surface area contributed by atoms with Gasteiger partial charge in [0.2, 0.25) is 11.8 Å². The van der Waals surface area contributed by atoms with Crippen molar-refractivity contribution in [3.8, 4) is 11.5 Å². The van der Waals surface area contributed by atoms with Gasteiger partial charge in [-0.1, -0.05) is 6.07 Å². The normalized spacial score (nSPS) is 19.9. The van der Waals surface area contributed by atoms with Crippen molar-refractivity contribution in [2.24, 2.45) is 5.73 Å². The standard InChI is InChI=1S/C17H25N3O4/c1-4-19-17(22)14-8-12(18)10-20(14)16(21)7-11-5-6-13(23-2)9-15(11)24-3/h5-6,9,12,14H,4,7-8,10,18H2,1-3H3,(H,19,22)/t12-,14+/m1/s1. The SMILES string of the molecule is CCNC(=O)[C@@H]1C[C@@H](N)CN1C(=O)Cc1ccc(OC)cc1OC. The number of nitrogens with one attached hydrogen (secondary N) is 1. The first kappa shape index (κ1) is 18.1. The fraction of sp³-hybridized carbons (Fsp3) is 0.529. The molecule has 2 atom stereocenters. The summed E-state index contributed by atoms with van der Waals surface area (Å²) in [6.45, 7) is 2.76. The molecule has 24 heavy (non-hydrogen) atoms. The minimum Gasteiger partial charge on any atom is -0.497 e. The van der Waals surface area contributed by atoms with Crippen molar-refractivity contribution < 1.29 is 19.1 Å². The molecule has 1 aliphatic rings. The summed E-state index contributed by atoms with van der Waals surface area (Å²) in [7, 11) is 3.12. The molecule has 1 aromatic rings. The lowest BCUT2D eigenvalue weighted by Crippen LogP contribution is -2.46. The van der Waals surface area contributed by atoms with Crippen molar-refractivity contribution >= 4 is 11.8 Å². The zero-order valence-corrected chi connectivity index (χ0v) is 14.4. The number of likely N-dealkylation sites (tertiary alicyclic amines) is 1. The van der Waals surface area contributed by atoms with E-state index < -0.39 is 6.04 Å². The molecule has 132 valence electrons. The third-order valence-electron chi connectivity index (χ3n) is 4.14. The zero-order chi connectivity index (χ0) is 17.7. The number of likely N-dealkylation sites (N-methyl/N-ethyl adjacent to an activating group) is 1. The van der Waals surface area contributed by atoms with Crippen LogP contribution in [0.2, 0.25) is 0 Å². The van der Waals surface area contributed by atoms with E-state index in [9.17, 15) is 9.59 Å². The number of hydrogen-bond donors (Lipinski definition) is 2. The zero-order valence-electron chi connectivity index (χ0n) is 14.4. The van der Waals surface area contributed by atoms with Crippen LogP contribution in [0.25, 0.3) is 0 Å². The van der Waals surface area contributed by atoms with Gasteiger partial charge in [-0.3, -0.25) is 9.59 Å². The maximum absolute atomic E-state index is 12.7. The fourth-order valence-electron chi connectivity index (χ4n) is 2.95. The second-order valence-electron chi connectivity index (χ2n) is 5.81. The molecule has 3 N–H and O–H groups in total. The molecule has 2 rings (SSSR count). The molecule has 7 heteroatoms. The predicted octanol–water partition coefficient (Wildman–Crippen LogP) is 0.311. The second-order valence-corrected chi connectivity index (χ2v) is 5.81. The largest absolute Gasteiger partial charge is 0.497 e. The van der Waals surface area contributed by atoms with Crippen molar-refractivity contribution in [3.63, 3.8) is 0 Å². The summed E-state index contributed by atoms with van der Waals surface area (Å²) in [5, 5.41) is 2.76. The highest BCUT2D eigenvalue weighted by Gasteiger charge is 2.37. The van der Waals surface area contributed by atoms with Gasteiger partial charge in [-0.15, -0.1) is 0 Å². The quantitative estimate of drug-likeness (QED) is 0.780. The first-order chi connectivity index (χ1) is 11.5. The molecule has 1 aliphatic heterocycles. The Bertz CT molecular complexity index is 605. The number of amides is 2. The highest BCUT2D eigenvalue weighted by Crippen LogP contribution is 2.26. The van der Waals surface area contributed by atoms with Gasteiger partial charge in [-0.05, 0) is 19.4 Å². The summed E-state index contributed by atoms with van der Waals surface area (Å²) in [6.07, 6.45) is 0.632. The molecular formula is C17H25N3O4. The molecule has 0 unspecified atom stereocenters. The third kappa shape index (κ3) is 3.97. The number of benzene rings is 1. The van der Waals surface area contributed by atoms with Crippen LogP contribution in [0.5, 0.6) is 11.5 Å². The van der Waals surface area contributed by atoms with Gasteiger partial charge in [-0.25, -0.2) is 0 Å². The van der Waals surface area contributed by atoms with Crippen LogP contribution in [0, 0.1) is 0 Å². The van der Waals surface area contributed by atoms with Gasteiger partial charge in [0.05, 0.1) is 20.6 Å². The number of rotatable bonds is 6.